The van der Waals surface area contributed by atoms with E-state index in [0.29, 0.717) is 5.41 Å². The molecule has 0 saturated heterocycles. The third kappa shape index (κ3) is 8.69. The Hall–Kier alpha value is -0.426. The summed E-state index contributed by atoms with van der Waals surface area (Å²) < 4.78 is 14.2. The van der Waals surface area contributed by atoms with Gasteiger partial charge in [0, 0.05) is 6.42 Å². The fraction of sp³-hybridized carbons (Fsp3) is 0.846. The van der Waals surface area contributed by atoms with Crippen molar-refractivity contribution in [2.45, 2.75) is 182 Å². The van der Waals surface area contributed by atoms with Gasteiger partial charge in [-0.2, -0.15) is 0 Å². The zero-order chi connectivity index (χ0) is 32.6. The van der Waals surface area contributed by atoms with E-state index >= 15 is 0 Å². The molecule has 3 aliphatic carbocycles. The van der Waals surface area contributed by atoms with Crippen molar-refractivity contribution in [1.82, 2.24) is 0 Å². The van der Waals surface area contributed by atoms with Crippen LogP contribution in [0.25, 0.3) is 0 Å². The number of allylic oxidation sites excluding steroid dienone is 3. The van der Waals surface area contributed by atoms with Gasteiger partial charge in [0.2, 0.25) is 0 Å². The Morgan fingerprint density at radius 2 is 1.51 bits per heavy atom. The van der Waals surface area contributed by atoms with Gasteiger partial charge in [0.05, 0.1) is 12.2 Å². The van der Waals surface area contributed by atoms with E-state index < -0.39 is 16.6 Å². The van der Waals surface area contributed by atoms with Crippen LogP contribution in [-0.2, 0) is 8.85 Å². The standard InChI is InChI=1S/C39H72O2Si2/c1-28(2)18-16-19-29(3)34-23-24-35-31(20-17-25-39(34,35)11)21-22-32-26-33(40-42(12,13)37(5,6)7)27-36(30(32)4)41-43(14,15)38(8,9)10/h21-22,28-29,33-36H,4,16-20,23-27H2,1-3,5-15H3/b31-21+,32-22-/t29-,33-,34-,35+,36-,39-/m1/s1. The van der Waals surface area contributed by atoms with Crippen LogP contribution in [0.5, 0.6) is 0 Å². The lowest BCUT2D eigenvalue weighted by molar-refractivity contribution is 0.0927. The lowest BCUT2D eigenvalue weighted by Gasteiger charge is -2.46. The van der Waals surface area contributed by atoms with Gasteiger partial charge in [0.25, 0.3) is 0 Å². The van der Waals surface area contributed by atoms with Gasteiger partial charge >= 0.3 is 0 Å². The van der Waals surface area contributed by atoms with Gasteiger partial charge in [0.15, 0.2) is 16.6 Å². The molecule has 0 spiro atoms. The van der Waals surface area contributed by atoms with Crippen molar-refractivity contribution in [3.63, 3.8) is 0 Å². The highest BCUT2D eigenvalue weighted by atomic mass is 28.4. The highest BCUT2D eigenvalue weighted by Crippen LogP contribution is 2.60. The first kappa shape index (κ1) is 37.0. The SMILES string of the molecule is C=C1/C(=C\C=C2/CCC[C@]3(C)[C@@H]([C@H](C)CCCC(C)C)CC[C@@H]23)C[C@@H](O[Si](C)(C)C(C)(C)C)C[C@H]1O[Si](C)(C)C(C)(C)C. The van der Waals surface area contributed by atoms with Crippen LogP contribution in [0.4, 0.5) is 0 Å². The summed E-state index contributed by atoms with van der Waals surface area (Å²) in [6.45, 7) is 38.3. The molecule has 0 aromatic heterocycles. The molecule has 0 bridgehead atoms. The summed E-state index contributed by atoms with van der Waals surface area (Å²) in [6.07, 6.45) is 18.1. The van der Waals surface area contributed by atoms with Crippen LogP contribution >= 0.6 is 0 Å². The minimum atomic E-state index is -1.95. The Morgan fingerprint density at radius 3 is 2.09 bits per heavy atom. The van der Waals surface area contributed by atoms with Crippen LogP contribution in [0.2, 0.25) is 36.3 Å². The summed E-state index contributed by atoms with van der Waals surface area (Å²) in [5.41, 5.74) is 4.75. The Morgan fingerprint density at radius 1 is 0.907 bits per heavy atom. The van der Waals surface area contributed by atoms with Crippen LogP contribution in [0.1, 0.15) is 133 Å². The second-order valence-corrected chi connectivity index (χ2v) is 28.2. The van der Waals surface area contributed by atoms with Gasteiger partial charge in [-0.25, -0.2) is 0 Å². The molecule has 0 aliphatic heterocycles. The summed E-state index contributed by atoms with van der Waals surface area (Å²) in [5, 5.41) is 0.366. The van der Waals surface area contributed by atoms with Crippen molar-refractivity contribution in [3.05, 3.63) is 35.5 Å². The largest absolute Gasteiger partial charge is 0.413 e. The topological polar surface area (TPSA) is 18.5 Å². The molecule has 4 heteroatoms. The summed E-state index contributed by atoms with van der Waals surface area (Å²) in [7, 11) is -3.86. The minimum absolute atomic E-state index is 0.0493. The molecule has 6 atom stereocenters. The van der Waals surface area contributed by atoms with E-state index in [2.05, 4.69) is 108 Å². The average molecular weight is 629 g/mol. The van der Waals surface area contributed by atoms with Crippen molar-refractivity contribution in [1.29, 1.82) is 0 Å². The molecule has 3 rings (SSSR count). The van der Waals surface area contributed by atoms with Gasteiger partial charge in [-0.05, 0) is 115 Å². The fourth-order valence-electron chi connectivity index (χ4n) is 8.03. The van der Waals surface area contributed by atoms with Crippen molar-refractivity contribution >= 4 is 16.6 Å². The summed E-state index contributed by atoms with van der Waals surface area (Å²) >= 11 is 0. The van der Waals surface area contributed by atoms with Gasteiger partial charge in [-0.3, -0.25) is 0 Å². The highest BCUT2D eigenvalue weighted by molar-refractivity contribution is 6.74. The molecule has 3 saturated carbocycles. The van der Waals surface area contributed by atoms with Crippen LogP contribution < -0.4 is 0 Å². The predicted octanol–water partition coefficient (Wildman–Crippen LogP) is 12.6. The summed E-state index contributed by atoms with van der Waals surface area (Å²) in [6, 6.07) is 0. The Balaban J connectivity index is 1.87. The van der Waals surface area contributed by atoms with E-state index in [1.807, 2.05) is 0 Å². The fourth-order valence-corrected chi connectivity index (χ4v) is 10.7. The molecule has 0 heterocycles. The first-order valence-corrected chi connectivity index (χ1v) is 23.8. The lowest BCUT2D eigenvalue weighted by atomic mass is 9.60. The van der Waals surface area contributed by atoms with Gasteiger partial charge in [-0.15, -0.1) is 0 Å². The van der Waals surface area contributed by atoms with Crippen LogP contribution in [0, 0.1) is 29.1 Å². The molecule has 0 N–H and O–H groups in total. The van der Waals surface area contributed by atoms with E-state index in [1.54, 1.807) is 5.57 Å². The first-order chi connectivity index (χ1) is 19.6. The predicted molar refractivity (Wildman–Crippen MR) is 195 cm³/mol. The molecule has 3 aliphatic rings. The second-order valence-electron chi connectivity index (χ2n) is 18.7. The molecule has 0 amide bonds. The molecule has 3 fully saturated rings. The Bertz CT molecular complexity index is 1020. The lowest BCUT2D eigenvalue weighted by Crippen LogP contribution is -2.49. The molecule has 0 radical (unpaired) electrons. The molecule has 0 aromatic rings. The third-order valence-corrected chi connectivity index (χ3v) is 21.9. The molecule has 2 nitrogen and oxygen atoms in total. The number of hydrogen-bond acceptors (Lipinski definition) is 2. The van der Waals surface area contributed by atoms with Crippen LogP contribution in [-0.4, -0.2) is 28.8 Å². The molecule has 43 heavy (non-hydrogen) atoms. The number of hydrogen-bond donors (Lipinski definition) is 0. The van der Waals surface area contributed by atoms with Crippen LogP contribution in [0.3, 0.4) is 0 Å². The van der Waals surface area contributed by atoms with E-state index in [9.17, 15) is 0 Å². The Labute approximate surface area is 271 Å². The monoisotopic (exact) mass is 629 g/mol. The van der Waals surface area contributed by atoms with Crippen molar-refractivity contribution < 1.29 is 8.85 Å². The van der Waals surface area contributed by atoms with Crippen LogP contribution in [0.15, 0.2) is 35.5 Å². The average Bonchev–Trinajstić information content (AvgIpc) is 3.20. The Kier molecular flexibility index (Phi) is 11.8. The van der Waals surface area contributed by atoms with E-state index in [4.69, 9.17) is 15.4 Å². The van der Waals surface area contributed by atoms with Gasteiger partial charge in [-0.1, -0.05) is 113 Å². The van der Waals surface area contributed by atoms with E-state index in [0.717, 1.165) is 36.5 Å². The van der Waals surface area contributed by atoms with Crippen molar-refractivity contribution in [2.75, 3.05) is 0 Å². The maximum Gasteiger partial charge on any atom is 0.192 e. The van der Waals surface area contributed by atoms with Crippen molar-refractivity contribution in [3.8, 4) is 0 Å². The highest BCUT2D eigenvalue weighted by Gasteiger charge is 2.50. The molecule has 0 aromatic carbocycles. The molecule has 248 valence electrons. The van der Waals surface area contributed by atoms with E-state index in [-0.39, 0.29) is 22.3 Å². The van der Waals surface area contributed by atoms with Gasteiger partial charge < -0.3 is 8.85 Å². The van der Waals surface area contributed by atoms with Gasteiger partial charge in [0.1, 0.15) is 0 Å². The second kappa shape index (κ2) is 13.7. The normalized spacial score (nSPS) is 32.1. The number of fused-ring (bicyclic) bond motifs is 1. The van der Waals surface area contributed by atoms with Crippen molar-refractivity contribution in [2.24, 2.45) is 29.1 Å². The molecular weight excluding hydrogens is 557 g/mol. The summed E-state index contributed by atoms with van der Waals surface area (Å²) in [4.78, 5) is 0. The first-order valence-electron chi connectivity index (χ1n) is 18.0. The maximum absolute atomic E-state index is 7.09. The number of rotatable bonds is 10. The van der Waals surface area contributed by atoms with E-state index in [1.165, 1.54) is 62.5 Å². The maximum atomic E-state index is 7.09. The third-order valence-electron chi connectivity index (χ3n) is 12.9. The smallest absolute Gasteiger partial charge is 0.192 e. The quantitative estimate of drug-likeness (QED) is 0.224. The molecule has 0 unspecified atom stereocenters. The zero-order valence-corrected chi connectivity index (χ0v) is 33.2. The molecular formula is C39H72O2Si2. The summed E-state index contributed by atoms with van der Waals surface area (Å²) in [5.74, 6) is 3.28. The zero-order valence-electron chi connectivity index (χ0n) is 31.2. The minimum Gasteiger partial charge on any atom is -0.413 e.